The van der Waals surface area contributed by atoms with Gasteiger partial charge in [0.2, 0.25) is 0 Å². The fourth-order valence-corrected chi connectivity index (χ4v) is 4.09. The molecule has 0 N–H and O–H groups in total. The number of ether oxygens (including phenoxy) is 1. The lowest BCUT2D eigenvalue weighted by Crippen LogP contribution is -2.21. The van der Waals surface area contributed by atoms with E-state index in [0.29, 0.717) is 17.0 Å². The van der Waals surface area contributed by atoms with E-state index in [-0.39, 0.29) is 5.56 Å². The standard InChI is InChI=1S/C25H21ClN4O2/c1-3-21-23(17-6-8-18(26)9-7-17)24-27-14-20-22(30(24)28-21)12-13-29(25(20)31)15-16-4-10-19(32-2)11-5-16/h4-14H,3,15H2,1-2H3. The van der Waals surface area contributed by atoms with E-state index in [2.05, 4.69) is 11.9 Å². The van der Waals surface area contributed by atoms with Gasteiger partial charge in [-0.3, -0.25) is 4.79 Å². The molecular weight excluding hydrogens is 424 g/mol. The molecule has 0 saturated carbocycles. The molecule has 0 aliphatic carbocycles. The molecule has 32 heavy (non-hydrogen) atoms. The summed E-state index contributed by atoms with van der Waals surface area (Å²) in [6.45, 7) is 2.53. The Kier molecular flexibility index (Phi) is 5.15. The van der Waals surface area contributed by atoms with Crippen LogP contribution in [0.4, 0.5) is 0 Å². The third-order valence-corrected chi connectivity index (χ3v) is 5.89. The van der Waals surface area contributed by atoms with E-state index in [1.54, 1.807) is 22.4 Å². The smallest absolute Gasteiger partial charge is 0.261 e. The number of aromatic nitrogens is 4. The van der Waals surface area contributed by atoms with Crippen LogP contribution in [-0.4, -0.2) is 26.3 Å². The van der Waals surface area contributed by atoms with E-state index < -0.39 is 0 Å². The lowest BCUT2D eigenvalue weighted by molar-refractivity contribution is 0.414. The van der Waals surface area contributed by atoms with Crippen LogP contribution in [0.1, 0.15) is 18.2 Å². The van der Waals surface area contributed by atoms with Gasteiger partial charge in [0, 0.05) is 23.0 Å². The fourth-order valence-electron chi connectivity index (χ4n) is 3.97. The molecule has 3 heterocycles. The maximum absolute atomic E-state index is 13.2. The molecule has 0 atom stereocenters. The van der Waals surface area contributed by atoms with Gasteiger partial charge in [-0.25, -0.2) is 9.50 Å². The van der Waals surface area contributed by atoms with Gasteiger partial charge in [0.05, 0.1) is 30.3 Å². The Morgan fingerprint density at radius 2 is 1.78 bits per heavy atom. The van der Waals surface area contributed by atoms with Crippen LogP contribution in [0.15, 0.2) is 71.8 Å². The summed E-state index contributed by atoms with van der Waals surface area (Å²) in [7, 11) is 1.63. The number of nitrogens with zero attached hydrogens (tertiary/aromatic N) is 4. The van der Waals surface area contributed by atoms with Crippen molar-refractivity contribution in [2.24, 2.45) is 0 Å². The fraction of sp³-hybridized carbons (Fsp3) is 0.160. The summed E-state index contributed by atoms with van der Waals surface area (Å²) < 4.78 is 8.66. The third kappa shape index (κ3) is 3.42. The summed E-state index contributed by atoms with van der Waals surface area (Å²) in [6, 6.07) is 17.3. The molecule has 2 aromatic carbocycles. The summed E-state index contributed by atoms with van der Waals surface area (Å²) >= 11 is 6.07. The molecule has 0 bridgehead atoms. The second-order valence-corrected chi connectivity index (χ2v) is 8.01. The maximum atomic E-state index is 13.2. The molecule has 0 spiro atoms. The first kappa shape index (κ1) is 20.3. The van der Waals surface area contributed by atoms with Crippen LogP contribution < -0.4 is 10.3 Å². The summed E-state index contributed by atoms with van der Waals surface area (Å²) in [6.07, 6.45) is 4.21. The van der Waals surface area contributed by atoms with Crippen LogP contribution in [0.3, 0.4) is 0 Å². The normalized spacial score (nSPS) is 11.3. The van der Waals surface area contributed by atoms with Gasteiger partial charge >= 0.3 is 0 Å². The van der Waals surface area contributed by atoms with Gasteiger partial charge in [0.15, 0.2) is 5.65 Å². The van der Waals surface area contributed by atoms with Gasteiger partial charge in [-0.05, 0) is 47.9 Å². The van der Waals surface area contributed by atoms with E-state index in [1.165, 1.54) is 0 Å². The Morgan fingerprint density at radius 3 is 2.47 bits per heavy atom. The predicted molar refractivity (Wildman–Crippen MR) is 127 cm³/mol. The maximum Gasteiger partial charge on any atom is 0.261 e. The first-order chi connectivity index (χ1) is 15.6. The second-order valence-electron chi connectivity index (χ2n) is 7.57. The Morgan fingerprint density at radius 1 is 1.03 bits per heavy atom. The molecule has 0 aliphatic heterocycles. The molecule has 3 aromatic heterocycles. The predicted octanol–water partition coefficient (Wildman–Crippen LogP) is 4.98. The number of aryl methyl sites for hydroxylation is 1. The molecule has 5 rings (SSSR count). The Labute approximate surface area is 189 Å². The van der Waals surface area contributed by atoms with Gasteiger partial charge in [-0.15, -0.1) is 0 Å². The molecule has 0 amide bonds. The van der Waals surface area contributed by atoms with Crippen LogP contribution >= 0.6 is 11.6 Å². The lowest BCUT2D eigenvalue weighted by atomic mass is 10.0. The van der Waals surface area contributed by atoms with Gasteiger partial charge in [-0.2, -0.15) is 5.10 Å². The zero-order valence-electron chi connectivity index (χ0n) is 17.7. The van der Waals surface area contributed by atoms with Crippen molar-refractivity contribution in [3.05, 3.63) is 93.6 Å². The van der Waals surface area contributed by atoms with Gasteiger partial charge in [-0.1, -0.05) is 42.8 Å². The second kappa shape index (κ2) is 8.13. The van der Waals surface area contributed by atoms with Gasteiger partial charge < -0.3 is 9.30 Å². The highest BCUT2D eigenvalue weighted by Crippen LogP contribution is 2.30. The number of fused-ring (bicyclic) bond motifs is 3. The van der Waals surface area contributed by atoms with E-state index in [1.807, 2.05) is 60.8 Å². The molecular formula is C25H21ClN4O2. The van der Waals surface area contributed by atoms with Crippen molar-refractivity contribution in [2.45, 2.75) is 19.9 Å². The quantitative estimate of drug-likeness (QED) is 0.383. The van der Waals surface area contributed by atoms with Crippen molar-refractivity contribution in [1.29, 1.82) is 0 Å². The highest BCUT2D eigenvalue weighted by atomic mass is 35.5. The summed E-state index contributed by atoms with van der Waals surface area (Å²) in [4.78, 5) is 17.9. The Hall–Kier alpha value is -3.64. The SMILES string of the molecule is CCc1nn2c(ncc3c(=O)n(Cc4ccc(OC)cc4)ccc32)c1-c1ccc(Cl)cc1. The molecule has 0 aliphatic rings. The number of pyridine rings is 1. The molecule has 6 nitrogen and oxygen atoms in total. The van der Waals surface area contributed by atoms with Crippen molar-refractivity contribution in [2.75, 3.05) is 7.11 Å². The average molecular weight is 445 g/mol. The van der Waals surface area contributed by atoms with Gasteiger partial charge in [0.1, 0.15) is 5.75 Å². The molecule has 0 unspecified atom stereocenters. The van der Waals surface area contributed by atoms with Gasteiger partial charge in [0.25, 0.3) is 5.56 Å². The van der Waals surface area contributed by atoms with Crippen molar-refractivity contribution in [1.82, 2.24) is 19.2 Å². The number of hydrogen-bond acceptors (Lipinski definition) is 4. The highest BCUT2D eigenvalue weighted by molar-refractivity contribution is 6.30. The summed E-state index contributed by atoms with van der Waals surface area (Å²) in [5.74, 6) is 0.785. The zero-order chi connectivity index (χ0) is 22.2. The van der Waals surface area contributed by atoms with Crippen LogP contribution in [0.5, 0.6) is 5.75 Å². The number of hydrogen-bond donors (Lipinski definition) is 0. The molecule has 160 valence electrons. The van der Waals surface area contributed by atoms with Crippen molar-refractivity contribution in [3.63, 3.8) is 0 Å². The Bertz CT molecular complexity index is 1490. The molecule has 0 radical (unpaired) electrons. The van der Waals surface area contributed by atoms with Crippen molar-refractivity contribution >= 4 is 28.2 Å². The largest absolute Gasteiger partial charge is 0.497 e. The van der Waals surface area contributed by atoms with E-state index in [4.69, 9.17) is 21.4 Å². The van der Waals surface area contributed by atoms with Crippen LogP contribution in [0.2, 0.25) is 5.02 Å². The zero-order valence-corrected chi connectivity index (χ0v) is 18.5. The number of methoxy groups -OCH3 is 1. The molecule has 0 fully saturated rings. The number of rotatable bonds is 5. The molecule has 0 saturated heterocycles. The molecule has 7 heteroatoms. The third-order valence-electron chi connectivity index (χ3n) is 5.64. The van der Waals surface area contributed by atoms with Crippen LogP contribution in [-0.2, 0) is 13.0 Å². The van der Waals surface area contributed by atoms with Crippen LogP contribution in [0.25, 0.3) is 27.7 Å². The minimum Gasteiger partial charge on any atom is -0.497 e. The van der Waals surface area contributed by atoms with E-state index in [9.17, 15) is 4.79 Å². The monoisotopic (exact) mass is 444 g/mol. The lowest BCUT2D eigenvalue weighted by Gasteiger charge is -2.09. The molecule has 5 aromatic rings. The summed E-state index contributed by atoms with van der Waals surface area (Å²) in [5.41, 5.74) is 5.27. The minimum atomic E-state index is -0.102. The van der Waals surface area contributed by atoms with Crippen molar-refractivity contribution < 1.29 is 4.74 Å². The van der Waals surface area contributed by atoms with E-state index >= 15 is 0 Å². The first-order valence-corrected chi connectivity index (χ1v) is 10.8. The average Bonchev–Trinajstić information content (AvgIpc) is 3.21. The first-order valence-electron chi connectivity index (χ1n) is 10.4. The van der Waals surface area contributed by atoms with Crippen molar-refractivity contribution in [3.8, 4) is 16.9 Å². The topological polar surface area (TPSA) is 61.4 Å². The Balaban J connectivity index is 1.63. The van der Waals surface area contributed by atoms with Crippen LogP contribution in [0, 0.1) is 0 Å². The number of benzene rings is 2. The van der Waals surface area contributed by atoms with E-state index in [0.717, 1.165) is 45.7 Å². The number of halogens is 1. The highest BCUT2D eigenvalue weighted by Gasteiger charge is 2.17. The minimum absolute atomic E-state index is 0.102. The summed E-state index contributed by atoms with van der Waals surface area (Å²) in [5, 5.41) is 6.00.